The summed E-state index contributed by atoms with van der Waals surface area (Å²) in [6.07, 6.45) is 3.08. The molecule has 0 aliphatic heterocycles. The highest BCUT2D eigenvalue weighted by atomic mass is 32.1. The number of aryl methyl sites for hydroxylation is 2. The summed E-state index contributed by atoms with van der Waals surface area (Å²) in [5, 5.41) is 9.89. The van der Waals surface area contributed by atoms with Gasteiger partial charge in [0.05, 0.1) is 5.69 Å². The van der Waals surface area contributed by atoms with Crippen molar-refractivity contribution in [1.82, 2.24) is 15.1 Å². The van der Waals surface area contributed by atoms with Gasteiger partial charge in [0.25, 0.3) is 0 Å². The Labute approximate surface area is 100 Å². The van der Waals surface area contributed by atoms with Crippen molar-refractivity contribution < 1.29 is 0 Å². The zero-order valence-corrected chi connectivity index (χ0v) is 10.5. The lowest BCUT2D eigenvalue weighted by Gasteiger charge is -2.02. The van der Waals surface area contributed by atoms with E-state index in [9.17, 15) is 0 Å². The lowest BCUT2D eigenvalue weighted by atomic mass is 10.2. The van der Waals surface area contributed by atoms with Crippen LogP contribution in [-0.4, -0.2) is 16.3 Å². The number of hydrogen-bond donors (Lipinski definition) is 1. The molecule has 0 saturated heterocycles. The molecule has 2 rings (SSSR count). The predicted octanol–water partition coefficient (Wildman–Crippen LogP) is 2.12. The molecule has 16 heavy (non-hydrogen) atoms. The summed E-state index contributed by atoms with van der Waals surface area (Å²) in [7, 11) is 1.94. The van der Waals surface area contributed by atoms with E-state index in [-0.39, 0.29) is 0 Å². The maximum atomic E-state index is 4.32. The summed E-state index contributed by atoms with van der Waals surface area (Å²) >= 11 is 1.84. The Hall–Kier alpha value is -1.13. The number of thiophene rings is 1. The van der Waals surface area contributed by atoms with Gasteiger partial charge in [-0.25, -0.2) is 0 Å². The molecule has 86 valence electrons. The van der Waals surface area contributed by atoms with E-state index in [1.165, 1.54) is 10.4 Å². The zero-order chi connectivity index (χ0) is 11.4. The van der Waals surface area contributed by atoms with Gasteiger partial charge in [-0.3, -0.25) is 4.68 Å². The summed E-state index contributed by atoms with van der Waals surface area (Å²) in [5.41, 5.74) is 2.51. The van der Waals surface area contributed by atoms with Crippen LogP contribution in [0, 0.1) is 6.92 Å². The van der Waals surface area contributed by atoms with E-state index >= 15 is 0 Å². The smallest absolute Gasteiger partial charge is 0.0762 e. The molecule has 0 atom stereocenters. The van der Waals surface area contributed by atoms with Crippen LogP contribution in [0.4, 0.5) is 0 Å². The average molecular weight is 235 g/mol. The number of rotatable bonds is 5. The van der Waals surface area contributed by atoms with Gasteiger partial charge in [0.1, 0.15) is 0 Å². The van der Waals surface area contributed by atoms with Gasteiger partial charge < -0.3 is 5.32 Å². The topological polar surface area (TPSA) is 29.9 Å². The number of aromatic nitrogens is 2. The highest BCUT2D eigenvalue weighted by molar-refractivity contribution is 7.10. The van der Waals surface area contributed by atoms with Crippen LogP contribution in [0.5, 0.6) is 0 Å². The molecule has 0 saturated carbocycles. The summed E-state index contributed by atoms with van der Waals surface area (Å²) in [5.74, 6) is 0. The second kappa shape index (κ2) is 5.27. The second-order valence-corrected chi connectivity index (χ2v) is 4.93. The average Bonchev–Trinajstić information content (AvgIpc) is 2.83. The molecule has 0 aromatic carbocycles. The Morgan fingerprint density at radius 3 is 2.94 bits per heavy atom. The van der Waals surface area contributed by atoms with Gasteiger partial charge in [0, 0.05) is 31.2 Å². The van der Waals surface area contributed by atoms with Gasteiger partial charge >= 0.3 is 0 Å². The zero-order valence-electron chi connectivity index (χ0n) is 9.73. The van der Waals surface area contributed by atoms with Gasteiger partial charge in [-0.05, 0) is 36.4 Å². The van der Waals surface area contributed by atoms with Crippen molar-refractivity contribution in [2.24, 2.45) is 7.05 Å². The maximum absolute atomic E-state index is 4.32. The monoisotopic (exact) mass is 235 g/mol. The Bertz CT molecular complexity index is 445. The Morgan fingerprint density at radius 2 is 2.31 bits per heavy atom. The van der Waals surface area contributed by atoms with Crippen molar-refractivity contribution in [2.75, 3.05) is 6.54 Å². The van der Waals surface area contributed by atoms with Crippen LogP contribution in [0.3, 0.4) is 0 Å². The van der Waals surface area contributed by atoms with Gasteiger partial charge in [-0.15, -0.1) is 11.3 Å². The molecule has 0 aliphatic rings. The van der Waals surface area contributed by atoms with Crippen LogP contribution in [0.25, 0.3) is 0 Å². The SMILES string of the molecule is Cc1ccsc1CCNCc1ccn(C)n1. The van der Waals surface area contributed by atoms with Crippen molar-refractivity contribution in [3.8, 4) is 0 Å². The van der Waals surface area contributed by atoms with Crippen molar-refractivity contribution in [1.29, 1.82) is 0 Å². The normalized spacial score (nSPS) is 10.9. The van der Waals surface area contributed by atoms with E-state index in [1.807, 2.05) is 35.3 Å². The van der Waals surface area contributed by atoms with Crippen LogP contribution in [0.1, 0.15) is 16.1 Å². The van der Waals surface area contributed by atoms with Gasteiger partial charge in [-0.1, -0.05) is 0 Å². The molecule has 1 N–H and O–H groups in total. The minimum Gasteiger partial charge on any atom is -0.311 e. The summed E-state index contributed by atoms with van der Waals surface area (Å²) in [4.78, 5) is 1.48. The molecule has 2 heterocycles. The lowest BCUT2D eigenvalue weighted by Crippen LogP contribution is -2.17. The molecule has 0 spiro atoms. The minimum absolute atomic E-state index is 0.852. The van der Waals surface area contributed by atoms with Crippen LogP contribution in [-0.2, 0) is 20.0 Å². The van der Waals surface area contributed by atoms with E-state index in [4.69, 9.17) is 0 Å². The van der Waals surface area contributed by atoms with Crippen molar-refractivity contribution in [3.63, 3.8) is 0 Å². The van der Waals surface area contributed by atoms with Crippen molar-refractivity contribution >= 4 is 11.3 Å². The predicted molar refractivity (Wildman–Crippen MR) is 67.7 cm³/mol. The summed E-state index contributed by atoms with van der Waals surface area (Å²) in [6.45, 7) is 4.04. The van der Waals surface area contributed by atoms with E-state index < -0.39 is 0 Å². The molecule has 0 amide bonds. The number of hydrogen-bond acceptors (Lipinski definition) is 3. The third-order valence-electron chi connectivity index (χ3n) is 2.57. The van der Waals surface area contributed by atoms with E-state index in [1.54, 1.807) is 0 Å². The van der Waals surface area contributed by atoms with Gasteiger partial charge in [0.2, 0.25) is 0 Å². The summed E-state index contributed by atoms with van der Waals surface area (Å²) < 4.78 is 1.83. The van der Waals surface area contributed by atoms with E-state index in [2.05, 4.69) is 28.8 Å². The fourth-order valence-electron chi connectivity index (χ4n) is 1.64. The van der Waals surface area contributed by atoms with Crippen molar-refractivity contribution in [3.05, 3.63) is 39.8 Å². The lowest BCUT2D eigenvalue weighted by molar-refractivity contribution is 0.656. The Morgan fingerprint density at radius 1 is 1.44 bits per heavy atom. The second-order valence-electron chi connectivity index (χ2n) is 3.93. The molecular formula is C12H17N3S. The molecular weight excluding hydrogens is 218 g/mol. The fourth-order valence-corrected chi connectivity index (χ4v) is 2.55. The van der Waals surface area contributed by atoms with Gasteiger partial charge in [0.15, 0.2) is 0 Å². The molecule has 4 heteroatoms. The number of nitrogens with zero attached hydrogens (tertiary/aromatic N) is 2. The molecule has 2 aromatic heterocycles. The standard InChI is InChI=1S/C12H17N3S/c1-10-5-8-16-12(10)3-6-13-9-11-4-7-15(2)14-11/h4-5,7-8,13H,3,6,9H2,1-2H3. The molecule has 0 aliphatic carbocycles. The molecule has 2 aromatic rings. The fraction of sp³-hybridized carbons (Fsp3) is 0.417. The van der Waals surface area contributed by atoms with E-state index in [0.717, 1.165) is 25.2 Å². The highest BCUT2D eigenvalue weighted by Gasteiger charge is 2.00. The minimum atomic E-state index is 0.852. The molecule has 0 radical (unpaired) electrons. The first-order valence-corrected chi connectivity index (χ1v) is 6.36. The molecule has 0 fully saturated rings. The van der Waals surface area contributed by atoms with E-state index in [0.29, 0.717) is 0 Å². The summed E-state index contributed by atoms with van der Waals surface area (Å²) in [6, 6.07) is 4.22. The quantitative estimate of drug-likeness (QED) is 0.805. The van der Waals surface area contributed by atoms with Gasteiger partial charge in [-0.2, -0.15) is 5.10 Å². The third-order valence-corrected chi connectivity index (χ3v) is 3.65. The largest absolute Gasteiger partial charge is 0.311 e. The van der Waals surface area contributed by atoms with Crippen LogP contribution < -0.4 is 5.32 Å². The molecule has 0 bridgehead atoms. The van der Waals surface area contributed by atoms with Crippen molar-refractivity contribution in [2.45, 2.75) is 19.9 Å². The molecule has 0 unspecified atom stereocenters. The molecule has 3 nitrogen and oxygen atoms in total. The first-order valence-electron chi connectivity index (χ1n) is 5.48. The first kappa shape index (κ1) is 11.4. The third kappa shape index (κ3) is 2.93. The van der Waals surface area contributed by atoms with Crippen LogP contribution in [0.2, 0.25) is 0 Å². The van der Waals surface area contributed by atoms with Crippen LogP contribution in [0.15, 0.2) is 23.7 Å². The first-order chi connectivity index (χ1) is 7.75. The number of nitrogens with one attached hydrogen (secondary N) is 1. The van der Waals surface area contributed by atoms with Crippen LogP contribution >= 0.6 is 11.3 Å². The Balaban J connectivity index is 1.71. The Kier molecular flexibility index (Phi) is 3.74. The highest BCUT2D eigenvalue weighted by Crippen LogP contribution is 2.15. The maximum Gasteiger partial charge on any atom is 0.0762 e.